The minimum atomic E-state index is -1.09. The van der Waals surface area contributed by atoms with Gasteiger partial charge in [0.25, 0.3) is 0 Å². The van der Waals surface area contributed by atoms with Crippen molar-refractivity contribution in [3.63, 3.8) is 0 Å². The summed E-state index contributed by atoms with van der Waals surface area (Å²) in [6, 6.07) is 0. The lowest BCUT2D eigenvalue weighted by Crippen LogP contribution is -2.01. The molecule has 0 aliphatic heterocycles. The maximum absolute atomic E-state index is 11.0. The molecule has 17 heavy (non-hydrogen) atoms. The van der Waals surface area contributed by atoms with Crippen LogP contribution in [0.15, 0.2) is 4.42 Å². The highest BCUT2D eigenvalue weighted by Crippen LogP contribution is 2.63. The van der Waals surface area contributed by atoms with E-state index in [1.807, 2.05) is 0 Å². The van der Waals surface area contributed by atoms with Crippen LogP contribution in [0.3, 0.4) is 0 Å². The SMILES string of the molecule is CCOc1oc(C2C3CCCC32)nc1C(=O)O. The first-order valence-corrected chi connectivity index (χ1v) is 6.09. The van der Waals surface area contributed by atoms with E-state index in [0.717, 1.165) is 0 Å². The zero-order valence-electron chi connectivity index (χ0n) is 9.68. The van der Waals surface area contributed by atoms with E-state index < -0.39 is 5.97 Å². The number of oxazole rings is 1. The number of fused-ring (bicyclic) bond motifs is 1. The average molecular weight is 237 g/mol. The van der Waals surface area contributed by atoms with Crippen molar-refractivity contribution in [2.75, 3.05) is 6.61 Å². The molecule has 0 spiro atoms. The Labute approximate surface area is 98.8 Å². The molecular weight excluding hydrogens is 222 g/mol. The van der Waals surface area contributed by atoms with Gasteiger partial charge in [0.15, 0.2) is 0 Å². The highest BCUT2D eigenvalue weighted by Gasteiger charge is 2.56. The van der Waals surface area contributed by atoms with Gasteiger partial charge in [0.2, 0.25) is 11.6 Å². The van der Waals surface area contributed by atoms with Crippen LogP contribution in [0.5, 0.6) is 5.95 Å². The first kappa shape index (κ1) is 10.6. The Hall–Kier alpha value is -1.52. The van der Waals surface area contributed by atoms with Gasteiger partial charge in [0.1, 0.15) is 0 Å². The molecule has 92 valence electrons. The summed E-state index contributed by atoms with van der Waals surface area (Å²) in [6.45, 7) is 2.17. The Morgan fingerprint density at radius 1 is 1.53 bits per heavy atom. The van der Waals surface area contributed by atoms with Gasteiger partial charge < -0.3 is 14.3 Å². The van der Waals surface area contributed by atoms with Gasteiger partial charge in [-0.3, -0.25) is 0 Å². The zero-order chi connectivity index (χ0) is 12.0. The van der Waals surface area contributed by atoms with Crippen LogP contribution in [0.4, 0.5) is 0 Å². The van der Waals surface area contributed by atoms with Gasteiger partial charge in [-0.25, -0.2) is 9.78 Å². The highest BCUT2D eigenvalue weighted by atomic mass is 16.6. The van der Waals surface area contributed by atoms with Gasteiger partial charge in [0, 0.05) is 5.92 Å². The minimum Gasteiger partial charge on any atom is -0.476 e. The zero-order valence-corrected chi connectivity index (χ0v) is 9.68. The molecule has 2 fully saturated rings. The van der Waals surface area contributed by atoms with E-state index in [1.165, 1.54) is 19.3 Å². The van der Waals surface area contributed by atoms with E-state index in [9.17, 15) is 4.79 Å². The summed E-state index contributed by atoms with van der Waals surface area (Å²) in [7, 11) is 0. The third-order valence-corrected chi connectivity index (χ3v) is 3.78. The molecule has 5 heteroatoms. The molecule has 1 heterocycles. The number of carbonyl (C=O) groups is 1. The number of rotatable bonds is 4. The molecule has 2 aliphatic rings. The second-order valence-corrected chi connectivity index (χ2v) is 4.71. The second kappa shape index (κ2) is 3.75. The molecule has 0 amide bonds. The molecule has 2 aliphatic carbocycles. The van der Waals surface area contributed by atoms with E-state index in [4.69, 9.17) is 14.3 Å². The highest BCUT2D eigenvalue weighted by molar-refractivity contribution is 5.87. The van der Waals surface area contributed by atoms with Crippen molar-refractivity contribution in [1.29, 1.82) is 0 Å². The third kappa shape index (κ3) is 1.61. The summed E-state index contributed by atoms with van der Waals surface area (Å²) in [5.74, 6) is 1.17. The molecule has 2 atom stereocenters. The number of nitrogens with zero attached hydrogens (tertiary/aromatic N) is 1. The van der Waals surface area contributed by atoms with Crippen molar-refractivity contribution < 1.29 is 19.1 Å². The Kier molecular flexibility index (Phi) is 2.34. The van der Waals surface area contributed by atoms with Gasteiger partial charge in [-0.15, -0.1) is 0 Å². The fraction of sp³-hybridized carbons (Fsp3) is 0.667. The van der Waals surface area contributed by atoms with Gasteiger partial charge >= 0.3 is 11.9 Å². The lowest BCUT2D eigenvalue weighted by Gasteiger charge is -1.98. The Bertz CT molecular complexity index is 443. The normalized spacial score (nSPS) is 30.1. The summed E-state index contributed by atoms with van der Waals surface area (Å²) in [6.07, 6.45) is 3.70. The molecule has 1 aromatic rings. The summed E-state index contributed by atoms with van der Waals surface area (Å²) < 4.78 is 10.6. The average Bonchev–Trinajstić information content (AvgIpc) is 2.70. The fourth-order valence-corrected chi connectivity index (χ4v) is 3.02. The second-order valence-electron chi connectivity index (χ2n) is 4.71. The standard InChI is InChI=1S/C12H15NO4/c1-2-16-12-9(11(14)15)13-10(17-12)8-6-4-3-5-7(6)8/h6-8H,2-5H2,1H3,(H,14,15). The van der Waals surface area contributed by atoms with Crippen LogP contribution < -0.4 is 4.74 Å². The summed E-state index contributed by atoms with van der Waals surface area (Å²) in [4.78, 5) is 15.1. The van der Waals surface area contributed by atoms with E-state index >= 15 is 0 Å². The smallest absolute Gasteiger partial charge is 0.362 e. The van der Waals surface area contributed by atoms with Crippen LogP contribution in [-0.2, 0) is 0 Å². The topological polar surface area (TPSA) is 72.6 Å². The number of ether oxygens (including phenoxy) is 1. The monoisotopic (exact) mass is 237 g/mol. The van der Waals surface area contributed by atoms with E-state index in [1.54, 1.807) is 6.92 Å². The molecule has 0 radical (unpaired) electrons. The molecule has 5 nitrogen and oxygen atoms in total. The van der Waals surface area contributed by atoms with E-state index in [0.29, 0.717) is 30.3 Å². The Morgan fingerprint density at radius 2 is 2.24 bits per heavy atom. The number of aromatic carboxylic acids is 1. The summed E-state index contributed by atoms with van der Waals surface area (Å²) in [5.41, 5.74) is -0.0909. The molecule has 0 bridgehead atoms. The molecule has 3 rings (SSSR count). The van der Waals surface area contributed by atoms with E-state index in [2.05, 4.69) is 4.98 Å². The first-order chi connectivity index (χ1) is 8.22. The van der Waals surface area contributed by atoms with Gasteiger partial charge in [0.05, 0.1) is 6.61 Å². The quantitative estimate of drug-likeness (QED) is 0.869. The van der Waals surface area contributed by atoms with Gasteiger partial charge in [-0.1, -0.05) is 6.42 Å². The predicted octanol–water partition coefficient (Wildman–Crippen LogP) is 2.28. The fourth-order valence-electron chi connectivity index (χ4n) is 3.02. The molecule has 2 saturated carbocycles. The van der Waals surface area contributed by atoms with Gasteiger partial charge in [-0.2, -0.15) is 0 Å². The number of hydrogen-bond acceptors (Lipinski definition) is 4. The predicted molar refractivity (Wildman–Crippen MR) is 58.2 cm³/mol. The lowest BCUT2D eigenvalue weighted by molar-refractivity contribution is 0.0683. The van der Waals surface area contributed by atoms with Crippen LogP contribution in [-0.4, -0.2) is 22.7 Å². The Balaban J connectivity index is 1.86. The molecule has 1 aromatic heterocycles. The number of carboxylic acids is 1. The summed E-state index contributed by atoms with van der Waals surface area (Å²) in [5, 5.41) is 9.01. The molecule has 2 unspecified atom stereocenters. The maximum Gasteiger partial charge on any atom is 0.362 e. The van der Waals surface area contributed by atoms with Crippen molar-refractivity contribution in [2.24, 2.45) is 11.8 Å². The minimum absolute atomic E-state index is 0.0555. The van der Waals surface area contributed by atoms with Crippen molar-refractivity contribution >= 4 is 5.97 Å². The third-order valence-electron chi connectivity index (χ3n) is 3.78. The molecule has 1 N–H and O–H groups in total. The van der Waals surface area contributed by atoms with Crippen LogP contribution in [0, 0.1) is 11.8 Å². The van der Waals surface area contributed by atoms with Crippen molar-refractivity contribution in [1.82, 2.24) is 4.98 Å². The summed E-state index contributed by atoms with van der Waals surface area (Å²) >= 11 is 0. The van der Waals surface area contributed by atoms with Crippen molar-refractivity contribution in [2.45, 2.75) is 32.1 Å². The van der Waals surface area contributed by atoms with Crippen molar-refractivity contribution in [3.8, 4) is 5.95 Å². The Morgan fingerprint density at radius 3 is 2.82 bits per heavy atom. The van der Waals surface area contributed by atoms with E-state index in [-0.39, 0.29) is 11.6 Å². The lowest BCUT2D eigenvalue weighted by atomic mass is 10.1. The number of hydrogen-bond donors (Lipinski definition) is 1. The van der Waals surface area contributed by atoms with Crippen LogP contribution in [0.25, 0.3) is 0 Å². The number of carboxylic acid groups (broad SMARTS) is 1. The van der Waals surface area contributed by atoms with Crippen LogP contribution >= 0.6 is 0 Å². The molecule has 0 aromatic carbocycles. The van der Waals surface area contributed by atoms with Crippen LogP contribution in [0.1, 0.15) is 48.5 Å². The first-order valence-electron chi connectivity index (χ1n) is 6.09. The molecular formula is C12H15NO4. The van der Waals surface area contributed by atoms with Gasteiger partial charge in [-0.05, 0) is 31.6 Å². The number of aromatic nitrogens is 1. The van der Waals surface area contributed by atoms with Crippen LogP contribution in [0.2, 0.25) is 0 Å². The largest absolute Gasteiger partial charge is 0.476 e. The maximum atomic E-state index is 11.0. The van der Waals surface area contributed by atoms with Crippen molar-refractivity contribution in [3.05, 3.63) is 11.6 Å². The molecule has 0 saturated heterocycles.